The molecule has 3 aliphatic heterocycles. The minimum atomic E-state index is 0.0148. The van der Waals surface area contributed by atoms with E-state index in [0.29, 0.717) is 11.7 Å². The average molecular weight is 299 g/mol. The van der Waals surface area contributed by atoms with E-state index in [2.05, 4.69) is 49.1 Å². The number of Topliss-reactive ketones (excluding diaryl/α,β-unsaturated/α-hetero) is 1. The monoisotopic (exact) mass is 299 g/mol. The molecular formula is C20H29NO. The molecule has 3 aliphatic rings. The largest absolute Gasteiger partial charge is 0.298 e. The summed E-state index contributed by atoms with van der Waals surface area (Å²) in [6.07, 6.45) is 6.67. The molecule has 4 rings (SSSR count). The van der Waals surface area contributed by atoms with Gasteiger partial charge in [0.1, 0.15) is 0 Å². The van der Waals surface area contributed by atoms with Crippen LogP contribution in [0, 0.1) is 5.92 Å². The molecule has 0 saturated carbocycles. The summed E-state index contributed by atoms with van der Waals surface area (Å²) in [5.74, 6) is 0.857. The number of ketones is 1. The number of nitrogens with zero attached hydrogens (tertiary/aromatic N) is 1. The van der Waals surface area contributed by atoms with Gasteiger partial charge in [-0.15, -0.1) is 0 Å². The van der Waals surface area contributed by atoms with Crippen molar-refractivity contribution in [2.75, 3.05) is 13.1 Å². The SMILES string of the molecule is CCCC(CCC)(c1ccccc1)C1C(=O)C2CCN1CC2. The summed E-state index contributed by atoms with van der Waals surface area (Å²) >= 11 is 0. The van der Waals surface area contributed by atoms with Gasteiger partial charge in [0.25, 0.3) is 0 Å². The molecule has 0 radical (unpaired) electrons. The molecule has 1 aromatic carbocycles. The van der Waals surface area contributed by atoms with Gasteiger partial charge in [0.05, 0.1) is 6.04 Å². The van der Waals surface area contributed by atoms with Gasteiger partial charge < -0.3 is 0 Å². The quantitative estimate of drug-likeness (QED) is 0.785. The summed E-state index contributed by atoms with van der Waals surface area (Å²) in [5.41, 5.74) is 1.39. The zero-order valence-corrected chi connectivity index (χ0v) is 14.1. The van der Waals surface area contributed by atoms with Crippen LogP contribution in [0.2, 0.25) is 0 Å². The molecule has 3 saturated heterocycles. The summed E-state index contributed by atoms with van der Waals surface area (Å²) in [5, 5.41) is 0. The number of rotatable bonds is 6. The number of hydrogen-bond acceptors (Lipinski definition) is 2. The fraction of sp³-hybridized carbons (Fsp3) is 0.650. The number of carbonyl (C=O) groups is 1. The Labute approximate surface area is 134 Å². The third-order valence-electron chi connectivity index (χ3n) is 5.83. The van der Waals surface area contributed by atoms with E-state index >= 15 is 0 Å². The van der Waals surface area contributed by atoms with Gasteiger partial charge in [0.15, 0.2) is 5.78 Å². The van der Waals surface area contributed by atoms with Crippen LogP contribution in [-0.2, 0) is 10.2 Å². The maximum atomic E-state index is 13.1. The first kappa shape index (κ1) is 15.7. The van der Waals surface area contributed by atoms with Crippen molar-refractivity contribution in [2.24, 2.45) is 5.92 Å². The summed E-state index contributed by atoms with van der Waals surface area (Å²) < 4.78 is 0. The van der Waals surface area contributed by atoms with Crippen molar-refractivity contribution < 1.29 is 4.79 Å². The Balaban J connectivity index is 2.06. The van der Waals surface area contributed by atoms with Gasteiger partial charge in [-0.05, 0) is 44.3 Å². The molecule has 0 N–H and O–H groups in total. The Bertz CT molecular complexity index is 496. The van der Waals surface area contributed by atoms with Gasteiger partial charge in [-0.25, -0.2) is 0 Å². The van der Waals surface area contributed by atoms with Gasteiger partial charge in [-0.2, -0.15) is 0 Å². The molecule has 3 heterocycles. The molecule has 2 bridgehead atoms. The summed E-state index contributed by atoms with van der Waals surface area (Å²) in [6.45, 7) is 6.74. The lowest BCUT2D eigenvalue weighted by Gasteiger charge is -2.53. The normalized spacial score (nSPS) is 28.1. The fourth-order valence-corrected chi connectivity index (χ4v) is 4.97. The van der Waals surface area contributed by atoms with E-state index in [4.69, 9.17) is 0 Å². The predicted octanol–water partition coefficient (Wildman–Crippen LogP) is 4.19. The van der Waals surface area contributed by atoms with Crippen LogP contribution in [-0.4, -0.2) is 29.8 Å². The lowest BCUT2D eigenvalue weighted by atomic mass is 9.62. The molecular weight excluding hydrogens is 270 g/mol. The minimum Gasteiger partial charge on any atom is -0.298 e. The van der Waals surface area contributed by atoms with Crippen LogP contribution in [0.5, 0.6) is 0 Å². The minimum absolute atomic E-state index is 0.0148. The molecule has 0 aliphatic carbocycles. The van der Waals surface area contributed by atoms with Crippen LogP contribution in [0.25, 0.3) is 0 Å². The van der Waals surface area contributed by atoms with Crippen LogP contribution in [0.1, 0.15) is 57.9 Å². The maximum Gasteiger partial charge on any atom is 0.154 e. The molecule has 22 heavy (non-hydrogen) atoms. The first-order valence-electron chi connectivity index (χ1n) is 9.06. The molecule has 0 spiro atoms. The van der Waals surface area contributed by atoms with Crippen molar-refractivity contribution in [3.8, 4) is 0 Å². The maximum absolute atomic E-state index is 13.1. The first-order valence-corrected chi connectivity index (χ1v) is 9.06. The Morgan fingerprint density at radius 1 is 1.05 bits per heavy atom. The second-order valence-electron chi connectivity index (χ2n) is 7.14. The first-order chi connectivity index (χ1) is 10.7. The van der Waals surface area contributed by atoms with Crippen LogP contribution in [0.3, 0.4) is 0 Å². The summed E-state index contributed by atoms with van der Waals surface area (Å²) in [6, 6.07) is 11.0. The van der Waals surface area contributed by atoms with Crippen molar-refractivity contribution in [3.63, 3.8) is 0 Å². The molecule has 120 valence electrons. The van der Waals surface area contributed by atoms with Crippen LogP contribution < -0.4 is 0 Å². The second-order valence-corrected chi connectivity index (χ2v) is 7.14. The van der Waals surface area contributed by atoms with Crippen molar-refractivity contribution in [1.82, 2.24) is 4.90 Å². The van der Waals surface area contributed by atoms with Gasteiger partial charge in [-0.3, -0.25) is 9.69 Å². The lowest BCUT2D eigenvalue weighted by molar-refractivity contribution is -0.141. The highest BCUT2D eigenvalue weighted by Crippen LogP contribution is 2.45. The zero-order chi connectivity index (χ0) is 15.6. The van der Waals surface area contributed by atoms with Gasteiger partial charge in [0.2, 0.25) is 0 Å². The highest BCUT2D eigenvalue weighted by molar-refractivity contribution is 5.89. The molecule has 3 fully saturated rings. The van der Waals surface area contributed by atoms with E-state index in [1.807, 2.05) is 0 Å². The second kappa shape index (κ2) is 6.54. The van der Waals surface area contributed by atoms with E-state index in [1.54, 1.807) is 0 Å². The molecule has 2 heteroatoms. The van der Waals surface area contributed by atoms with E-state index < -0.39 is 0 Å². The Kier molecular flexibility index (Phi) is 4.67. The van der Waals surface area contributed by atoms with Crippen LogP contribution >= 0.6 is 0 Å². The van der Waals surface area contributed by atoms with E-state index in [0.717, 1.165) is 51.6 Å². The van der Waals surface area contributed by atoms with Gasteiger partial charge >= 0.3 is 0 Å². The van der Waals surface area contributed by atoms with E-state index in [9.17, 15) is 4.79 Å². The van der Waals surface area contributed by atoms with Crippen molar-refractivity contribution in [2.45, 2.75) is 63.8 Å². The molecule has 0 amide bonds. The van der Waals surface area contributed by atoms with Gasteiger partial charge in [-0.1, -0.05) is 57.0 Å². The Morgan fingerprint density at radius 3 is 2.14 bits per heavy atom. The number of benzene rings is 1. The number of fused-ring (bicyclic) bond motifs is 3. The van der Waals surface area contributed by atoms with Crippen molar-refractivity contribution >= 4 is 5.78 Å². The van der Waals surface area contributed by atoms with Crippen LogP contribution in [0.4, 0.5) is 0 Å². The van der Waals surface area contributed by atoms with Crippen molar-refractivity contribution in [1.29, 1.82) is 0 Å². The molecule has 1 aromatic rings. The van der Waals surface area contributed by atoms with E-state index in [1.165, 1.54) is 5.56 Å². The fourth-order valence-electron chi connectivity index (χ4n) is 4.97. The number of hydrogen-bond donors (Lipinski definition) is 0. The summed E-state index contributed by atoms with van der Waals surface area (Å²) in [7, 11) is 0. The smallest absolute Gasteiger partial charge is 0.154 e. The molecule has 1 unspecified atom stereocenters. The number of carbonyl (C=O) groups excluding carboxylic acids is 1. The average Bonchev–Trinajstić information content (AvgIpc) is 2.56. The number of piperidine rings is 3. The Hall–Kier alpha value is -1.15. The standard InChI is InChI=1S/C20H29NO/c1-3-12-20(13-4-2,17-8-6-5-7-9-17)19-18(22)16-10-14-21(19)15-11-16/h5-9,16,19H,3-4,10-15H2,1-2H3. The topological polar surface area (TPSA) is 20.3 Å². The highest BCUT2D eigenvalue weighted by Gasteiger charge is 2.51. The third-order valence-corrected chi connectivity index (χ3v) is 5.83. The lowest BCUT2D eigenvalue weighted by Crippen LogP contribution is -2.63. The Morgan fingerprint density at radius 2 is 1.64 bits per heavy atom. The molecule has 1 atom stereocenters. The molecule has 2 nitrogen and oxygen atoms in total. The molecule has 0 aromatic heterocycles. The van der Waals surface area contributed by atoms with Gasteiger partial charge in [0, 0.05) is 11.3 Å². The third kappa shape index (κ3) is 2.52. The van der Waals surface area contributed by atoms with Crippen LogP contribution in [0.15, 0.2) is 30.3 Å². The predicted molar refractivity (Wildman–Crippen MR) is 91.0 cm³/mol. The van der Waals surface area contributed by atoms with E-state index in [-0.39, 0.29) is 11.5 Å². The summed E-state index contributed by atoms with van der Waals surface area (Å²) in [4.78, 5) is 15.6. The highest BCUT2D eigenvalue weighted by atomic mass is 16.1. The van der Waals surface area contributed by atoms with Crippen molar-refractivity contribution in [3.05, 3.63) is 35.9 Å². The zero-order valence-electron chi connectivity index (χ0n) is 14.1.